The number of ether oxygens (including phenoxy) is 1. The van der Waals surface area contributed by atoms with Crippen LogP contribution in [0.4, 0.5) is 0 Å². The summed E-state index contributed by atoms with van der Waals surface area (Å²) in [7, 11) is -1.60. The molecule has 0 bridgehead atoms. The first-order valence-electron chi connectivity index (χ1n) is 8.68. The van der Waals surface area contributed by atoms with Gasteiger partial charge >= 0.3 is 0 Å². The molecule has 7 heteroatoms. The monoisotopic (exact) mass is 383 g/mol. The van der Waals surface area contributed by atoms with E-state index < -0.39 is 15.4 Å². The lowest BCUT2D eigenvalue weighted by atomic mass is 10.0. The Bertz CT molecular complexity index is 1090. The predicted octanol–water partition coefficient (Wildman–Crippen LogP) is 2.40. The molecule has 0 saturated heterocycles. The van der Waals surface area contributed by atoms with Gasteiger partial charge < -0.3 is 10.1 Å². The predicted molar refractivity (Wildman–Crippen MR) is 106 cm³/mol. The van der Waals surface area contributed by atoms with Gasteiger partial charge in [-0.1, -0.05) is 12.1 Å². The van der Waals surface area contributed by atoms with E-state index in [9.17, 15) is 8.42 Å². The highest BCUT2D eigenvalue weighted by Gasteiger charge is 2.42. The highest BCUT2D eigenvalue weighted by atomic mass is 32.2. The third-order valence-corrected chi connectivity index (χ3v) is 6.52. The van der Waals surface area contributed by atoms with Crippen LogP contribution in [-0.2, 0) is 9.84 Å². The average molecular weight is 383 g/mol. The van der Waals surface area contributed by atoms with Crippen LogP contribution in [0.25, 0.3) is 11.3 Å². The summed E-state index contributed by atoms with van der Waals surface area (Å²) in [6.07, 6.45) is 1.68. The van der Waals surface area contributed by atoms with Gasteiger partial charge in [0.25, 0.3) is 0 Å². The number of aryl methyl sites for hydroxylation is 2. The molecule has 1 spiro atoms. The van der Waals surface area contributed by atoms with Crippen LogP contribution in [0.5, 0.6) is 5.88 Å². The molecule has 140 valence electrons. The van der Waals surface area contributed by atoms with Gasteiger partial charge in [-0.3, -0.25) is 4.99 Å². The van der Waals surface area contributed by atoms with E-state index in [-0.39, 0.29) is 5.75 Å². The number of pyridine rings is 1. The summed E-state index contributed by atoms with van der Waals surface area (Å²) in [6.45, 7) is 4.53. The number of benzene rings is 1. The number of sulfone groups is 1. The van der Waals surface area contributed by atoms with Crippen molar-refractivity contribution >= 4 is 15.7 Å². The van der Waals surface area contributed by atoms with E-state index in [0.717, 1.165) is 16.8 Å². The lowest BCUT2D eigenvalue weighted by Gasteiger charge is -2.21. The molecule has 1 N–H and O–H groups in total. The van der Waals surface area contributed by atoms with E-state index >= 15 is 0 Å². The zero-order chi connectivity index (χ0) is 19.2. The maximum atomic E-state index is 11.8. The van der Waals surface area contributed by atoms with Gasteiger partial charge in [-0.05, 0) is 49.2 Å². The average Bonchev–Trinajstić information content (AvgIpc) is 3.19. The Balaban J connectivity index is 1.65. The SMILES string of the molecule is COc1nc(-c2ccc(C)c(C)c2)ccc1C1=NC[C@]2(C=CS(=O)(=O)C2)N1. The smallest absolute Gasteiger partial charge is 0.224 e. The molecule has 2 aromatic rings. The maximum absolute atomic E-state index is 11.8. The van der Waals surface area contributed by atoms with Gasteiger partial charge in [0.15, 0.2) is 9.84 Å². The highest BCUT2D eigenvalue weighted by Crippen LogP contribution is 2.29. The van der Waals surface area contributed by atoms with Crippen LogP contribution in [0.1, 0.15) is 16.7 Å². The molecule has 0 aliphatic carbocycles. The van der Waals surface area contributed by atoms with Crippen LogP contribution in [0.3, 0.4) is 0 Å². The molecular formula is C20H21N3O3S. The van der Waals surface area contributed by atoms with Crippen molar-refractivity contribution in [2.24, 2.45) is 4.99 Å². The number of methoxy groups -OCH3 is 1. The minimum atomic E-state index is -3.17. The zero-order valence-corrected chi connectivity index (χ0v) is 16.3. The van der Waals surface area contributed by atoms with Crippen molar-refractivity contribution in [3.63, 3.8) is 0 Å². The summed E-state index contributed by atoms with van der Waals surface area (Å²) in [5, 5.41) is 4.51. The van der Waals surface area contributed by atoms with Gasteiger partial charge in [0.05, 0.1) is 36.2 Å². The van der Waals surface area contributed by atoms with Crippen molar-refractivity contribution in [3.8, 4) is 17.1 Å². The summed E-state index contributed by atoms with van der Waals surface area (Å²) in [5.74, 6) is 1.08. The first-order chi connectivity index (χ1) is 12.8. The fraction of sp³-hybridized carbons (Fsp3) is 0.300. The minimum Gasteiger partial charge on any atom is -0.480 e. The number of amidine groups is 1. The molecule has 0 saturated carbocycles. The van der Waals surface area contributed by atoms with Crippen LogP contribution in [0.15, 0.2) is 46.8 Å². The molecule has 1 aromatic carbocycles. The third kappa shape index (κ3) is 3.23. The molecule has 4 rings (SSSR count). The van der Waals surface area contributed by atoms with Crippen LogP contribution in [0.2, 0.25) is 0 Å². The van der Waals surface area contributed by atoms with Crippen molar-refractivity contribution in [2.45, 2.75) is 19.4 Å². The van der Waals surface area contributed by atoms with Gasteiger partial charge in [0.1, 0.15) is 5.84 Å². The van der Waals surface area contributed by atoms with Crippen LogP contribution in [0, 0.1) is 13.8 Å². The van der Waals surface area contributed by atoms with Crippen LogP contribution in [-0.4, -0.2) is 44.2 Å². The summed E-state index contributed by atoms with van der Waals surface area (Å²) in [6, 6.07) is 10.1. The first kappa shape index (κ1) is 17.7. The summed E-state index contributed by atoms with van der Waals surface area (Å²) in [4.78, 5) is 9.15. The molecule has 0 amide bonds. The standard InChI is InChI=1S/C20H21N3O3S/c1-13-4-5-15(10-14(13)2)17-7-6-16(19(22-17)26-3)18-21-11-20(23-18)8-9-27(24,25)12-20/h4-10H,11-12H2,1-3H3,(H,21,23)/t20-/m0/s1. The lowest BCUT2D eigenvalue weighted by molar-refractivity contribution is 0.397. The summed E-state index contributed by atoms with van der Waals surface area (Å²) >= 11 is 0. The molecule has 0 unspecified atom stereocenters. The second kappa shape index (κ2) is 6.20. The van der Waals surface area contributed by atoms with Crippen LogP contribution >= 0.6 is 0 Å². The van der Waals surface area contributed by atoms with E-state index in [1.807, 2.05) is 18.2 Å². The normalized spacial score (nSPS) is 22.7. The Morgan fingerprint density at radius 1 is 1.15 bits per heavy atom. The second-order valence-electron chi connectivity index (χ2n) is 7.11. The zero-order valence-electron chi connectivity index (χ0n) is 15.5. The number of nitrogens with one attached hydrogen (secondary N) is 1. The molecule has 6 nitrogen and oxygen atoms in total. The molecule has 1 atom stereocenters. The number of nitrogens with zero attached hydrogens (tertiary/aromatic N) is 2. The van der Waals surface area contributed by atoms with E-state index in [1.165, 1.54) is 16.5 Å². The van der Waals surface area contributed by atoms with E-state index in [2.05, 4.69) is 41.3 Å². The molecule has 0 fully saturated rings. The minimum absolute atomic E-state index is 0.0173. The molecule has 0 radical (unpaired) electrons. The Labute approximate surface area is 158 Å². The Kier molecular flexibility index (Phi) is 4.07. The van der Waals surface area contributed by atoms with Gasteiger partial charge in [0.2, 0.25) is 5.88 Å². The molecule has 3 heterocycles. The number of hydrogen-bond donors (Lipinski definition) is 1. The highest BCUT2D eigenvalue weighted by molar-refractivity contribution is 7.94. The Hall–Kier alpha value is -2.67. The second-order valence-corrected chi connectivity index (χ2v) is 8.99. The van der Waals surface area contributed by atoms with E-state index in [0.29, 0.717) is 18.3 Å². The number of rotatable bonds is 3. The number of hydrogen-bond acceptors (Lipinski definition) is 6. The van der Waals surface area contributed by atoms with Gasteiger partial charge in [-0.25, -0.2) is 13.4 Å². The molecule has 27 heavy (non-hydrogen) atoms. The Morgan fingerprint density at radius 3 is 2.63 bits per heavy atom. The summed E-state index contributed by atoms with van der Waals surface area (Å²) < 4.78 is 29.1. The van der Waals surface area contributed by atoms with Crippen molar-refractivity contribution in [3.05, 3.63) is 58.5 Å². The van der Waals surface area contributed by atoms with E-state index in [4.69, 9.17) is 4.74 Å². The largest absolute Gasteiger partial charge is 0.480 e. The summed E-state index contributed by atoms with van der Waals surface area (Å²) in [5.41, 5.74) is 4.33. The molecule has 1 aromatic heterocycles. The number of aliphatic imine (C=N–C) groups is 1. The molecule has 2 aliphatic heterocycles. The Morgan fingerprint density at radius 2 is 1.96 bits per heavy atom. The maximum Gasteiger partial charge on any atom is 0.224 e. The van der Waals surface area contributed by atoms with Crippen molar-refractivity contribution < 1.29 is 13.2 Å². The first-order valence-corrected chi connectivity index (χ1v) is 10.4. The fourth-order valence-electron chi connectivity index (χ4n) is 3.39. The van der Waals surface area contributed by atoms with Gasteiger partial charge in [-0.15, -0.1) is 0 Å². The fourth-order valence-corrected chi connectivity index (χ4v) is 4.93. The van der Waals surface area contributed by atoms with Crippen molar-refractivity contribution in [1.82, 2.24) is 10.3 Å². The van der Waals surface area contributed by atoms with E-state index in [1.54, 1.807) is 13.2 Å². The van der Waals surface area contributed by atoms with Crippen molar-refractivity contribution in [1.29, 1.82) is 0 Å². The van der Waals surface area contributed by atoms with Gasteiger partial charge in [-0.2, -0.15) is 0 Å². The van der Waals surface area contributed by atoms with Gasteiger partial charge in [0, 0.05) is 11.0 Å². The lowest BCUT2D eigenvalue weighted by Crippen LogP contribution is -2.46. The molecule has 2 aliphatic rings. The third-order valence-electron chi connectivity index (χ3n) is 5.05. The quantitative estimate of drug-likeness (QED) is 0.880. The molecular weight excluding hydrogens is 362 g/mol. The van der Waals surface area contributed by atoms with Crippen molar-refractivity contribution in [2.75, 3.05) is 19.4 Å². The number of aromatic nitrogens is 1. The topological polar surface area (TPSA) is 80.7 Å². The van der Waals surface area contributed by atoms with Crippen LogP contribution < -0.4 is 10.1 Å².